The molecule has 5 rings (SSSR count). The van der Waals surface area contributed by atoms with E-state index in [-0.39, 0.29) is 15.3 Å². The van der Waals surface area contributed by atoms with E-state index in [2.05, 4.69) is 20.6 Å². The molecule has 1 atom stereocenters. The number of nitrogens with zero attached hydrogens (tertiary/aromatic N) is 3. The predicted octanol–water partition coefficient (Wildman–Crippen LogP) is 4.49. The number of hydrogen-bond acceptors (Lipinski definition) is 7. The van der Waals surface area contributed by atoms with Gasteiger partial charge in [0.1, 0.15) is 18.0 Å². The lowest BCUT2D eigenvalue weighted by atomic mass is 10.1. The van der Waals surface area contributed by atoms with Crippen LogP contribution in [0, 0.1) is 0 Å². The first-order valence-corrected chi connectivity index (χ1v) is 13.2. The van der Waals surface area contributed by atoms with Gasteiger partial charge in [0.25, 0.3) is 5.56 Å². The number of fused-ring (bicyclic) bond motifs is 2. The topological polar surface area (TPSA) is 106 Å². The molecule has 0 aliphatic carbocycles. The first-order valence-electron chi connectivity index (χ1n) is 10.9. The summed E-state index contributed by atoms with van der Waals surface area (Å²) in [6.07, 6.45) is 6.99. The molecule has 10 heteroatoms. The molecule has 178 valence electrons. The van der Waals surface area contributed by atoms with Gasteiger partial charge in [-0.3, -0.25) is 9.36 Å². The number of aromatic nitrogens is 3. The standard InChI is InChI=1S/C25H22ClN5O3S/c1-15(30-24-18-11-7-13-27-23(18)28-14-29-24)22-21(26)17-10-6-12-19(35(2,33)34)20(17)25(32)31(22)16-8-4-3-5-9-16/h3-10,12-15H,11H2,1-2H3,(H2,27,28,29,30)/t15-/m0/s1. The summed E-state index contributed by atoms with van der Waals surface area (Å²) in [6.45, 7) is 1.88. The van der Waals surface area contributed by atoms with E-state index in [0.717, 1.165) is 11.8 Å². The quantitative estimate of drug-likeness (QED) is 0.410. The Labute approximate surface area is 207 Å². The van der Waals surface area contributed by atoms with Crippen molar-refractivity contribution in [3.05, 3.63) is 93.8 Å². The van der Waals surface area contributed by atoms with Crippen LogP contribution in [-0.4, -0.2) is 29.2 Å². The van der Waals surface area contributed by atoms with Crippen LogP contribution in [-0.2, 0) is 16.3 Å². The van der Waals surface area contributed by atoms with E-state index in [1.54, 1.807) is 24.3 Å². The van der Waals surface area contributed by atoms with Gasteiger partial charge in [0.15, 0.2) is 9.84 Å². The molecule has 3 heterocycles. The van der Waals surface area contributed by atoms with Gasteiger partial charge in [0.05, 0.1) is 27.0 Å². The molecular weight excluding hydrogens is 486 g/mol. The molecule has 0 spiro atoms. The summed E-state index contributed by atoms with van der Waals surface area (Å²) in [5.41, 5.74) is 1.50. The van der Waals surface area contributed by atoms with Gasteiger partial charge >= 0.3 is 0 Å². The lowest BCUT2D eigenvalue weighted by Gasteiger charge is -2.25. The number of nitrogens with one attached hydrogen (secondary N) is 2. The Balaban J connectivity index is 1.77. The Kier molecular flexibility index (Phi) is 5.82. The fourth-order valence-corrected chi connectivity index (χ4v) is 5.66. The van der Waals surface area contributed by atoms with Crippen molar-refractivity contribution in [2.75, 3.05) is 16.9 Å². The molecule has 2 aromatic heterocycles. The van der Waals surface area contributed by atoms with E-state index in [1.165, 1.54) is 17.0 Å². The molecule has 0 amide bonds. The van der Waals surface area contributed by atoms with Crippen LogP contribution in [0.3, 0.4) is 0 Å². The van der Waals surface area contributed by atoms with Crippen LogP contribution < -0.4 is 16.2 Å². The lowest BCUT2D eigenvalue weighted by Crippen LogP contribution is -2.27. The number of pyridine rings is 1. The predicted molar refractivity (Wildman–Crippen MR) is 138 cm³/mol. The number of para-hydroxylation sites is 1. The van der Waals surface area contributed by atoms with Crippen LogP contribution in [0.1, 0.15) is 24.2 Å². The van der Waals surface area contributed by atoms with Crippen molar-refractivity contribution in [2.45, 2.75) is 24.3 Å². The molecule has 0 saturated heterocycles. The summed E-state index contributed by atoms with van der Waals surface area (Å²) >= 11 is 6.94. The van der Waals surface area contributed by atoms with E-state index in [1.807, 2.05) is 37.4 Å². The lowest BCUT2D eigenvalue weighted by molar-refractivity contribution is 0.602. The zero-order valence-corrected chi connectivity index (χ0v) is 20.6. The van der Waals surface area contributed by atoms with Crippen molar-refractivity contribution in [1.29, 1.82) is 0 Å². The summed E-state index contributed by atoms with van der Waals surface area (Å²) in [7, 11) is -3.68. The number of hydrogen-bond donors (Lipinski definition) is 2. The molecule has 2 aromatic carbocycles. The molecule has 1 aliphatic rings. The molecule has 1 aliphatic heterocycles. The van der Waals surface area contributed by atoms with Crippen molar-refractivity contribution in [2.24, 2.45) is 0 Å². The van der Waals surface area contributed by atoms with Gasteiger partial charge in [-0.25, -0.2) is 18.4 Å². The summed E-state index contributed by atoms with van der Waals surface area (Å²) in [5.74, 6) is 1.33. The minimum Gasteiger partial charge on any atom is -0.362 e. The van der Waals surface area contributed by atoms with Crippen molar-refractivity contribution in [3.8, 4) is 5.69 Å². The van der Waals surface area contributed by atoms with Crippen molar-refractivity contribution >= 4 is 43.8 Å². The van der Waals surface area contributed by atoms with Gasteiger partial charge in [0, 0.05) is 22.9 Å². The Morgan fingerprint density at radius 1 is 1.11 bits per heavy atom. The molecule has 0 fully saturated rings. The molecule has 0 unspecified atom stereocenters. The van der Waals surface area contributed by atoms with Crippen LogP contribution in [0.15, 0.2) is 76.8 Å². The molecule has 0 saturated carbocycles. The smallest absolute Gasteiger partial charge is 0.264 e. The molecular formula is C25H22ClN5O3S. The molecule has 35 heavy (non-hydrogen) atoms. The highest BCUT2D eigenvalue weighted by Gasteiger charge is 2.26. The van der Waals surface area contributed by atoms with Crippen molar-refractivity contribution in [1.82, 2.24) is 14.5 Å². The zero-order valence-electron chi connectivity index (χ0n) is 19.0. The highest BCUT2D eigenvalue weighted by molar-refractivity contribution is 7.91. The number of halogens is 1. The van der Waals surface area contributed by atoms with Gasteiger partial charge in [-0.15, -0.1) is 0 Å². The van der Waals surface area contributed by atoms with Crippen LogP contribution in [0.5, 0.6) is 0 Å². The maximum absolute atomic E-state index is 13.9. The van der Waals surface area contributed by atoms with Gasteiger partial charge in [0.2, 0.25) is 0 Å². The average molecular weight is 508 g/mol. The summed E-state index contributed by atoms with van der Waals surface area (Å²) in [4.78, 5) is 22.6. The molecule has 8 nitrogen and oxygen atoms in total. The Morgan fingerprint density at radius 3 is 2.63 bits per heavy atom. The normalized spacial score (nSPS) is 13.8. The minimum atomic E-state index is -3.68. The molecule has 0 radical (unpaired) electrons. The first kappa shape index (κ1) is 23.1. The van der Waals surface area contributed by atoms with Gasteiger partial charge in [-0.2, -0.15) is 0 Å². The summed E-state index contributed by atoms with van der Waals surface area (Å²) in [6, 6.07) is 13.2. The third-order valence-electron chi connectivity index (χ3n) is 5.93. The number of anilines is 2. The maximum Gasteiger partial charge on any atom is 0.264 e. The maximum atomic E-state index is 13.9. The number of benzene rings is 2. The highest BCUT2D eigenvalue weighted by atomic mass is 35.5. The molecule has 4 aromatic rings. The van der Waals surface area contributed by atoms with Crippen LogP contribution in [0.25, 0.3) is 16.5 Å². The van der Waals surface area contributed by atoms with Crippen LogP contribution in [0.4, 0.5) is 11.6 Å². The highest BCUT2D eigenvalue weighted by Crippen LogP contribution is 2.35. The van der Waals surface area contributed by atoms with Crippen LogP contribution in [0.2, 0.25) is 5.02 Å². The zero-order chi connectivity index (χ0) is 24.7. The van der Waals surface area contributed by atoms with Gasteiger partial charge in [-0.1, -0.05) is 48.0 Å². The Morgan fingerprint density at radius 2 is 1.89 bits per heavy atom. The third-order valence-corrected chi connectivity index (χ3v) is 7.46. The average Bonchev–Trinajstić information content (AvgIpc) is 2.85. The second kappa shape index (κ2) is 8.83. The Bertz CT molecular complexity index is 1650. The monoisotopic (exact) mass is 507 g/mol. The largest absolute Gasteiger partial charge is 0.362 e. The first-order chi connectivity index (χ1) is 16.8. The molecule has 2 N–H and O–H groups in total. The second-order valence-electron chi connectivity index (χ2n) is 8.29. The van der Waals surface area contributed by atoms with E-state index in [9.17, 15) is 13.2 Å². The number of allylic oxidation sites excluding steroid dienone is 1. The van der Waals surface area contributed by atoms with Gasteiger partial charge in [-0.05, 0) is 37.7 Å². The van der Waals surface area contributed by atoms with Crippen molar-refractivity contribution in [3.63, 3.8) is 0 Å². The van der Waals surface area contributed by atoms with Crippen LogP contribution >= 0.6 is 11.6 Å². The molecule has 0 bridgehead atoms. The third kappa shape index (κ3) is 4.06. The summed E-state index contributed by atoms with van der Waals surface area (Å²) < 4.78 is 26.5. The van der Waals surface area contributed by atoms with Gasteiger partial charge < -0.3 is 10.6 Å². The minimum absolute atomic E-state index is 0.0542. The number of rotatable bonds is 5. The summed E-state index contributed by atoms with van der Waals surface area (Å²) in [5, 5.41) is 7.22. The second-order valence-corrected chi connectivity index (χ2v) is 10.7. The van der Waals surface area contributed by atoms with Crippen molar-refractivity contribution < 1.29 is 8.42 Å². The fraction of sp³-hybridized carbons (Fsp3) is 0.160. The van der Waals surface area contributed by atoms with E-state index in [0.29, 0.717) is 34.8 Å². The SMILES string of the molecule is C[C@H](Nc1ncnc2c1CC=CN2)c1c(Cl)c2cccc(S(C)(=O)=O)c2c(=O)n1-c1ccccc1. The van der Waals surface area contributed by atoms with E-state index < -0.39 is 21.4 Å². The number of sulfone groups is 1. The van der Waals surface area contributed by atoms with E-state index in [4.69, 9.17) is 11.6 Å². The fourth-order valence-electron chi connectivity index (χ4n) is 4.36. The Hall–Kier alpha value is -3.69. The van der Waals surface area contributed by atoms with E-state index >= 15 is 0 Å².